The fourth-order valence-electron chi connectivity index (χ4n) is 1.58. The van der Waals surface area contributed by atoms with Gasteiger partial charge in [-0.25, -0.2) is 0 Å². The van der Waals surface area contributed by atoms with Crippen LogP contribution in [0.4, 0.5) is 0 Å². The zero-order chi connectivity index (χ0) is 13.4. The lowest BCUT2D eigenvalue weighted by Crippen LogP contribution is -2.35. The van der Waals surface area contributed by atoms with Crippen LogP contribution in [0.15, 0.2) is 24.3 Å². The van der Waals surface area contributed by atoms with Crippen LogP contribution >= 0.6 is 0 Å². The Bertz CT molecular complexity index is 378. The van der Waals surface area contributed by atoms with Gasteiger partial charge in [0.1, 0.15) is 5.75 Å². The summed E-state index contributed by atoms with van der Waals surface area (Å²) in [7, 11) is 1.63. The number of hydrogen-bond acceptors (Lipinski definition) is 3. The van der Waals surface area contributed by atoms with Gasteiger partial charge in [0.25, 0.3) is 0 Å². The predicted molar refractivity (Wildman–Crippen MR) is 72.5 cm³/mol. The summed E-state index contributed by atoms with van der Waals surface area (Å²) in [4.78, 5) is 11.6. The van der Waals surface area contributed by atoms with Crippen molar-refractivity contribution in [3.63, 3.8) is 0 Å². The van der Waals surface area contributed by atoms with Crippen molar-refractivity contribution >= 4 is 5.91 Å². The third-order valence-electron chi connectivity index (χ3n) is 2.51. The zero-order valence-electron chi connectivity index (χ0n) is 11.3. The van der Waals surface area contributed by atoms with E-state index in [2.05, 4.69) is 24.5 Å². The zero-order valence-corrected chi connectivity index (χ0v) is 11.3. The molecule has 1 aromatic carbocycles. The Morgan fingerprint density at radius 1 is 1.33 bits per heavy atom. The van der Waals surface area contributed by atoms with Crippen LogP contribution in [-0.4, -0.2) is 26.1 Å². The number of amides is 1. The number of carbonyl (C=O) groups is 1. The van der Waals surface area contributed by atoms with Crippen LogP contribution < -0.4 is 15.4 Å². The molecule has 0 unspecified atom stereocenters. The summed E-state index contributed by atoms with van der Waals surface area (Å²) in [5.41, 5.74) is 0.984. The van der Waals surface area contributed by atoms with Gasteiger partial charge in [-0.3, -0.25) is 4.79 Å². The van der Waals surface area contributed by atoms with Gasteiger partial charge in [0.2, 0.25) is 5.91 Å². The molecule has 0 spiro atoms. The van der Waals surface area contributed by atoms with Crippen LogP contribution in [-0.2, 0) is 11.3 Å². The average Bonchev–Trinajstić information content (AvgIpc) is 2.36. The minimum Gasteiger partial charge on any atom is -0.496 e. The second kappa shape index (κ2) is 7.71. The van der Waals surface area contributed by atoms with Crippen molar-refractivity contribution in [3.05, 3.63) is 29.8 Å². The standard InChI is InChI=1S/C14H22N2O2/c1-11(2)8-15-10-14(17)16-9-12-6-4-5-7-13(12)18-3/h4-7,11,15H,8-10H2,1-3H3,(H,16,17). The van der Waals surface area contributed by atoms with Crippen molar-refractivity contribution in [1.29, 1.82) is 0 Å². The highest BCUT2D eigenvalue weighted by molar-refractivity contribution is 5.78. The molecule has 0 aliphatic carbocycles. The van der Waals surface area contributed by atoms with Crippen LogP contribution in [0.2, 0.25) is 0 Å². The number of ether oxygens (including phenoxy) is 1. The molecule has 1 rings (SSSR count). The highest BCUT2D eigenvalue weighted by atomic mass is 16.5. The molecule has 0 atom stereocenters. The van der Waals surface area contributed by atoms with Crippen molar-refractivity contribution in [2.45, 2.75) is 20.4 Å². The second-order valence-corrected chi connectivity index (χ2v) is 4.61. The van der Waals surface area contributed by atoms with Crippen molar-refractivity contribution in [2.24, 2.45) is 5.92 Å². The Labute approximate surface area is 109 Å². The van der Waals surface area contributed by atoms with Gasteiger partial charge in [0, 0.05) is 12.1 Å². The molecule has 0 bridgehead atoms. The topological polar surface area (TPSA) is 50.4 Å². The van der Waals surface area contributed by atoms with Gasteiger partial charge in [0.15, 0.2) is 0 Å². The van der Waals surface area contributed by atoms with E-state index in [1.807, 2.05) is 24.3 Å². The molecule has 100 valence electrons. The quantitative estimate of drug-likeness (QED) is 0.772. The van der Waals surface area contributed by atoms with E-state index in [-0.39, 0.29) is 5.91 Å². The van der Waals surface area contributed by atoms with Gasteiger partial charge in [-0.1, -0.05) is 32.0 Å². The second-order valence-electron chi connectivity index (χ2n) is 4.61. The Morgan fingerprint density at radius 2 is 2.06 bits per heavy atom. The van der Waals surface area contributed by atoms with E-state index in [0.29, 0.717) is 19.0 Å². The fraction of sp³-hybridized carbons (Fsp3) is 0.500. The molecular weight excluding hydrogens is 228 g/mol. The van der Waals surface area contributed by atoms with Gasteiger partial charge in [0.05, 0.1) is 13.7 Å². The maximum Gasteiger partial charge on any atom is 0.234 e. The van der Waals surface area contributed by atoms with E-state index >= 15 is 0 Å². The summed E-state index contributed by atoms with van der Waals surface area (Å²) in [6.07, 6.45) is 0. The van der Waals surface area contributed by atoms with E-state index < -0.39 is 0 Å². The van der Waals surface area contributed by atoms with E-state index in [0.717, 1.165) is 17.9 Å². The number of nitrogens with one attached hydrogen (secondary N) is 2. The van der Waals surface area contributed by atoms with Crippen LogP contribution in [0.25, 0.3) is 0 Å². The van der Waals surface area contributed by atoms with E-state index in [1.54, 1.807) is 7.11 Å². The van der Waals surface area contributed by atoms with Crippen LogP contribution in [0, 0.1) is 5.92 Å². The first-order valence-electron chi connectivity index (χ1n) is 6.22. The molecule has 0 aromatic heterocycles. The molecule has 0 heterocycles. The van der Waals surface area contributed by atoms with Crippen LogP contribution in [0.5, 0.6) is 5.75 Å². The summed E-state index contributed by atoms with van der Waals surface area (Å²) in [5.74, 6) is 1.35. The lowest BCUT2D eigenvalue weighted by Gasteiger charge is -2.10. The molecule has 0 saturated heterocycles. The van der Waals surface area contributed by atoms with Crippen LogP contribution in [0.3, 0.4) is 0 Å². The molecule has 0 saturated carbocycles. The first kappa shape index (κ1) is 14.5. The number of methoxy groups -OCH3 is 1. The van der Waals surface area contributed by atoms with Gasteiger partial charge in [-0.15, -0.1) is 0 Å². The van der Waals surface area contributed by atoms with Crippen molar-refractivity contribution in [2.75, 3.05) is 20.2 Å². The number of rotatable bonds is 7. The van der Waals surface area contributed by atoms with Gasteiger partial charge in [-0.05, 0) is 18.5 Å². The van der Waals surface area contributed by atoms with Gasteiger partial charge < -0.3 is 15.4 Å². The first-order chi connectivity index (χ1) is 8.63. The third-order valence-corrected chi connectivity index (χ3v) is 2.51. The van der Waals surface area contributed by atoms with E-state index in [4.69, 9.17) is 4.74 Å². The normalized spacial score (nSPS) is 10.4. The summed E-state index contributed by atoms with van der Waals surface area (Å²) in [5, 5.41) is 5.97. The monoisotopic (exact) mass is 250 g/mol. The SMILES string of the molecule is COc1ccccc1CNC(=O)CNCC(C)C. The van der Waals surface area contributed by atoms with Gasteiger partial charge >= 0.3 is 0 Å². The third kappa shape index (κ3) is 5.19. The highest BCUT2D eigenvalue weighted by Gasteiger charge is 2.04. The highest BCUT2D eigenvalue weighted by Crippen LogP contribution is 2.16. The predicted octanol–water partition coefficient (Wildman–Crippen LogP) is 1.56. The summed E-state index contributed by atoms with van der Waals surface area (Å²) in [6, 6.07) is 7.68. The maximum atomic E-state index is 11.6. The van der Waals surface area contributed by atoms with Gasteiger partial charge in [-0.2, -0.15) is 0 Å². The molecule has 2 N–H and O–H groups in total. The minimum atomic E-state index is 0.00144. The van der Waals surface area contributed by atoms with E-state index in [9.17, 15) is 4.79 Å². The molecule has 4 nitrogen and oxygen atoms in total. The Balaban J connectivity index is 2.33. The fourth-order valence-corrected chi connectivity index (χ4v) is 1.58. The Hall–Kier alpha value is -1.55. The molecule has 0 radical (unpaired) electrons. The van der Waals surface area contributed by atoms with E-state index in [1.165, 1.54) is 0 Å². The molecule has 0 fully saturated rings. The number of benzene rings is 1. The lowest BCUT2D eigenvalue weighted by atomic mass is 10.2. The number of hydrogen-bond donors (Lipinski definition) is 2. The summed E-state index contributed by atoms with van der Waals surface area (Å²) in [6.45, 7) is 5.92. The molecule has 18 heavy (non-hydrogen) atoms. The lowest BCUT2D eigenvalue weighted by molar-refractivity contribution is -0.120. The molecule has 1 aromatic rings. The maximum absolute atomic E-state index is 11.6. The minimum absolute atomic E-state index is 0.00144. The Kier molecular flexibility index (Phi) is 6.22. The molecular formula is C14H22N2O2. The molecule has 0 aliphatic heterocycles. The average molecular weight is 250 g/mol. The molecule has 4 heteroatoms. The van der Waals surface area contributed by atoms with Crippen molar-refractivity contribution in [3.8, 4) is 5.75 Å². The van der Waals surface area contributed by atoms with Crippen molar-refractivity contribution < 1.29 is 9.53 Å². The molecule has 0 aliphatic rings. The molecule has 1 amide bonds. The van der Waals surface area contributed by atoms with Crippen LogP contribution in [0.1, 0.15) is 19.4 Å². The Morgan fingerprint density at radius 3 is 2.72 bits per heavy atom. The summed E-state index contributed by atoms with van der Waals surface area (Å²) >= 11 is 0. The number of para-hydroxylation sites is 1. The number of carbonyl (C=O) groups excluding carboxylic acids is 1. The first-order valence-corrected chi connectivity index (χ1v) is 6.22. The smallest absolute Gasteiger partial charge is 0.234 e. The largest absolute Gasteiger partial charge is 0.496 e. The summed E-state index contributed by atoms with van der Waals surface area (Å²) < 4.78 is 5.22. The van der Waals surface area contributed by atoms with Crippen molar-refractivity contribution in [1.82, 2.24) is 10.6 Å².